The maximum absolute atomic E-state index is 13.3. The lowest BCUT2D eigenvalue weighted by molar-refractivity contribution is -0.132. The molecule has 1 aromatic carbocycles. The molecule has 8 nitrogen and oxygen atoms in total. The Bertz CT molecular complexity index is 929. The standard InChI is InChI=1S/C22H34N4O4S/c1-5-24(6-2)22(28)16-23-10-7-11-25(13-12-23)31(29,30)20-8-9-21-19(15-20)14-17(3)26(21)18(4)27/h8-9,15,17H,5-7,10-14,16H2,1-4H3. The van der Waals surface area contributed by atoms with Crippen LogP contribution in [0.4, 0.5) is 5.69 Å². The van der Waals surface area contributed by atoms with Gasteiger partial charge in [0, 0.05) is 51.4 Å². The Hall–Kier alpha value is -1.97. The molecular weight excluding hydrogens is 416 g/mol. The van der Waals surface area contributed by atoms with E-state index < -0.39 is 10.0 Å². The van der Waals surface area contributed by atoms with Gasteiger partial charge in [0.25, 0.3) is 0 Å². The summed E-state index contributed by atoms with van der Waals surface area (Å²) < 4.78 is 28.2. The van der Waals surface area contributed by atoms with Crippen LogP contribution in [-0.4, -0.2) is 86.2 Å². The van der Waals surface area contributed by atoms with E-state index in [9.17, 15) is 18.0 Å². The molecule has 1 fully saturated rings. The molecule has 1 aromatic rings. The molecule has 1 unspecified atom stereocenters. The van der Waals surface area contributed by atoms with Crippen molar-refractivity contribution in [3.05, 3.63) is 23.8 Å². The molecule has 0 N–H and O–H groups in total. The quantitative estimate of drug-likeness (QED) is 0.657. The highest BCUT2D eigenvalue weighted by Crippen LogP contribution is 2.34. The molecule has 2 amide bonds. The summed E-state index contributed by atoms with van der Waals surface area (Å²) in [5, 5.41) is 0. The third-order valence-corrected chi connectivity index (χ3v) is 8.16. The smallest absolute Gasteiger partial charge is 0.243 e. The van der Waals surface area contributed by atoms with Crippen molar-refractivity contribution in [2.24, 2.45) is 0 Å². The highest BCUT2D eigenvalue weighted by molar-refractivity contribution is 7.89. The van der Waals surface area contributed by atoms with Crippen LogP contribution in [0.25, 0.3) is 0 Å². The number of likely N-dealkylation sites (N-methyl/N-ethyl adjacent to an activating group) is 1. The summed E-state index contributed by atoms with van der Waals surface area (Å²) in [6, 6.07) is 5.10. The van der Waals surface area contributed by atoms with E-state index in [1.807, 2.05) is 25.7 Å². The van der Waals surface area contributed by atoms with E-state index in [1.165, 1.54) is 11.2 Å². The van der Waals surface area contributed by atoms with Gasteiger partial charge in [-0.15, -0.1) is 0 Å². The first-order valence-electron chi connectivity index (χ1n) is 11.1. The van der Waals surface area contributed by atoms with Crippen LogP contribution in [0.2, 0.25) is 0 Å². The number of amides is 2. The summed E-state index contributed by atoms with van der Waals surface area (Å²) in [7, 11) is -3.63. The highest BCUT2D eigenvalue weighted by Gasteiger charge is 2.32. The van der Waals surface area contributed by atoms with Gasteiger partial charge >= 0.3 is 0 Å². The van der Waals surface area contributed by atoms with Gasteiger partial charge in [0.1, 0.15) is 0 Å². The predicted molar refractivity (Wildman–Crippen MR) is 121 cm³/mol. The van der Waals surface area contributed by atoms with E-state index in [0.29, 0.717) is 58.7 Å². The van der Waals surface area contributed by atoms with Gasteiger partial charge in [-0.2, -0.15) is 4.31 Å². The number of hydrogen-bond donors (Lipinski definition) is 0. The Morgan fingerprint density at radius 1 is 1.10 bits per heavy atom. The van der Waals surface area contributed by atoms with Gasteiger partial charge in [0.15, 0.2) is 0 Å². The maximum Gasteiger partial charge on any atom is 0.243 e. The third-order valence-electron chi connectivity index (χ3n) is 6.27. The van der Waals surface area contributed by atoms with Crippen LogP contribution in [0.3, 0.4) is 0 Å². The Labute approximate surface area is 185 Å². The third kappa shape index (κ3) is 4.94. The van der Waals surface area contributed by atoms with Gasteiger partial charge in [0.2, 0.25) is 21.8 Å². The maximum atomic E-state index is 13.3. The van der Waals surface area contributed by atoms with Crippen LogP contribution in [-0.2, 0) is 26.0 Å². The lowest BCUT2D eigenvalue weighted by Crippen LogP contribution is -2.42. The van der Waals surface area contributed by atoms with Crippen molar-refractivity contribution in [3.63, 3.8) is 0 Å². The van der Waals surface area contributed by atoms with Crippen LogP contribution >= 0.6 is 0 Å². The Balaban J connectivity index is 1.71. The van der Waals surface area contributed by atoms with E-state index in [0.717, 1.165) is 11.3 Å². The molecule has 31 heavy (non-hydrogen) atoms. The number of benzene rings is 1. The molecule has 9 heteroatoms. The number of carbonyl (C=O) groups excluding carboxylic acids is 2. The molecule has 2 heterocycles. The molecule has 0 saturated carbocycles. The second-order valence-corrected chi connectivity index (χ2v) is 10.3. The van der Waals surface area contributed by atoms with Crippen molar-refractivity contribution in [1.82, 2.24) is 14.1 Å². The monoisotopic (exact) mass is 450 g/mol. The first kappa shape index (κ1) is 23.7. The zero-order valence-corrected chi connectivity index (χ0v) is 19.8. The van der Waals surface area contributed by atoms with Gasteiger partial charge in [-0.05, 0) is 63.9 Å². The minimum absolute atomic E-state index is 0.0283. The predicted octanol–water partition coefficient (Wildman–Crippen LogP) is 1.55. The highest BCUT2D eigenvalue weighted by atomic mass is 32.2. The summed E-state index contributed by atoms with van der Waals surface area (Å²) in [6.07, 6.45) is 1.34. The van der Waals surface area contributed by atoms with E-state index in [-0.39, 0.29) is 22.8 Å². The molecule has 0 aliphatic carbocycles. The van der Waals surface area contributed by atoms with Crippen molar-refractivity contribution < 1.29 is 18.0 Å². The van der Waals surface area contributed by atoms with Gasteiger partial charge in [-0.25, -0.2) is 8.42 Å². The van der Waals surface area contributed by atoms with Gasteiger partial charge in [0.05, 0.1) is 11.4 Å². The Kier molecular flexibility index (Phi) is 7.39. The van der Waals surface area contributed by atoms with Gasteiger partial charge in [-0.1, -0.05) is 0 Å². The van der Waals surface area contributed by atoms with Crippen molar-refractivity contribution in [2.45, 2.75) is 51.5 Å². The van der Waals surface area contributed by atoms with Crippen LogP contribution in [0.15, 0.2) is 23.1 Å². The van der Waals surface area contributed by atoms with Crippen molar-refractivity contribution >= 4 is 27.5 Å². The molecule has 0 bridgehead atoms. The average Bonchev–Trinajstić information content (AvgIpc) is 2.87. The first-order chi connectivity index (χ1) is 14.7. The molecule has 0 radical (unpaired) electrons. The molecule has 2 aliphatic rings. The van der Waals surface area contributed by atoms with E-state index >= 15 is 0 Å². The number of rotatable bonds is 6. The lowest BCUT2D eigenvalue weighted by Gasteiger charge is -2.25. The fraction of sp³-hybridized carbons (Fsp3) is 0.636. The van der Waals surface area contributed by atoms with Crippen molar-refractivity contribution in [1.29, 1.82) is 0 Å². The summed E-state index contributed by atoms with van der Waals surface area (Å²) in [5.74, 6) is 0.0535. The lowest BCUT2D eigenvalue weighted by atomic mass is 10.1. The molecular formula is C22H34N4O4S. The average molecular weight is 451 g/mol. The van der Waals surface area contributed by atoms with Crippen molar-refractivity contribution in [3.8, 4) is 0 Å². The van der Waals surface area contributed by atoms with Crippen LogP contribution in [0, 0.1) is 0 Å². The Morgan fingerprint density at radius 3 is 2.45 bits per heavy atom. The Morgan fingerprint density at radius 2 is 1.81 bits per heavy atom. The second kappa shape index (κ2) is 9.67. The summed E-state index contributed by atoms with van der Waals surface area (Å²) in [6.45, 7) is 11.2. The van der Waals surface area contributed by atoms with Gasteiger partial charge < -0.3 is 9.80 Å². The number of anilines is 1. The second-order valence-electron chi connectivity index (χ2n) is 8.33. The number of fused-ring (bicyclic) bond motifs is 1. The normalized spacial score (nSPS) is 20.4. The largest absolute Gasteiger partial charge is 0.342 e. The number of hydrogen-bond acceptors (Lipinski definition) is 5. The van der Waals surface area contributed by atoms with E-state index in [2.05, 4.69) is 0 Å². The molecule has 172 valence electrons. The van der Waals surface area contributed by atoms with Crippen LogP contribution < -0.4 is 4.90 Å². The SMILES string of the molecule is CCN(CC)C(=O)CN1CCCN(S(=O)(=O)c2ccc3c(c2)CC(C)N3C(C)=O)CC1. The van der Waals surface area contributed by atoms with E-state index in [4.69, 9.17) is 0 Å². The molecule has 3 rings (SSSR count). The number of carbonyl (C=O) groups is 2. The molecule has 0 spiro atoms. The molecule has 2 aliphatic heterocycles. The topological polar surface area (TPSA) is 81.2 Å². The number of nitrogens with zero attached hydrogens (tertiary/aromatic N) is 4. The minimum atomic E-state index is -3.63. The summed E-state index contributed by atoms with van der Waals surface area (Å²) >= 11 is 0. The fourth-order valence-electron chi connectivity index (χ4n) is 4.61. The summed E-state index contributed by atoms with van der Waals surface area (Å²) in [4.78, 5) is 30.2. The van der Waals surface area contributed by atoms with E-state index in [1.54, 1.807) is 28.0 Å². The fourth-order valence-corrected chi connectivity index (χ4v) is 6.13. The molecule has 1 atom stereocenters. The number of sulfonamides is 1. The zero-order valence-electron chi connectivity index (χ0n) is 19.0. The van der Waals surface area contributed by atoms with Gasteiger partial charge in [-0.3, -0.25) is 14.5 Å². The molecule has 1 saturated heterocycles. The molecule has 0 aromatic heterocycles. The zero-order chi connectivity index (χ0) is 22.8. The summed E-state index contributed by atoms with van der Waals surface area (Å²) in [5.41, 5.74) is 1.70. The minimum Gasteiger partial charge on any atom is -0.342 e. The van der Waals surface area contributed by atoms with Crippen molar-refractivity contribution in [2.75, 3.05) is 50.7 Å². The van der Waals surface area contributed by atoms with Crippen LogP contribution in [0.5, 0.6) is 0 Å². The first-order valence-corrected chi connectivity index (χ1v) is 12.6. The van der Waals surface area contributed by atoms with Crippen LogP contribution in [0.1, 0.15) is 39.7 Å².